The van der Waals surface area contributed by atoms with Crippen LogP contribution in [0.4, 0.5) is 17.6 Å². The Morgan fingerprint density at radius 3 is 2.48 bits per heavy atom. The van der Waals surface area contributed by atoms with Crippen molar-refractivity contribution in [2.45, 2.75) is 31.2 Å². The average molecular weight is 418 g/mol. The molecule has 3 rings (SSSR count). The summed E-state index contributed by atoms with van der Waals surface area (Å²) >= 11 is 0. The lowest BCUT2D eigenvalue weighted by Crippen LogP contribution is -2.41. The van der Waals surface area contributed by atoms with Gasteiger partial charge in [-0.25, -0.2) is 9.18 Å². The summed E-state index contributed by atoms with van der Waals surface area (Å²) in [4.78, 5) is 26.6. The number of aliphatic carboxylic acids is 1. The van der Waals surface area contributed by atoms with E-state index in [1.165, 1.54) is 17.2 Å². The maximum atomic E-state index is 13.8. The first-order valence-corrected chi connectivity index (χ1v) is 8.37. The monoisotopic (exact) mass is 418 g/mol. The number of carboxylic acid groups (broad SMARTS) is 1. The molecular weight excluding hydrogens is 400 g/mol. The van der Waals surface area contributed by atoms with Crippen LogP contribution >= 0.6 is 0 Å². The number of carboxylic acids is 1. The van der Waals surface area contributed by atoms with Gasteiger partial charge in [0.15, 0.2) is 5.82 Å². The molecule has 1 saturated heterocycles. The number of halogens is 4. The number of aromatic nitrogens is 3. The van der Waals surface area contributed by atoms with Crippen molar-refractivity contribution in [2.24, 2.45) is 7.05 Å². The summed E-state index contributed by atoms with van der Waals surface area (Å²) in [5.74, 6) is -3.81. The first-order chi connectivity index (χ1) is 13.5. The lowest BCUT2D eigenvalue weighted by atomic mass is 10.0. The van der Waals surface area contributed by atoms with E-state index in [4.69, 9.17) is 9.90 Å². The molecule has 1 amide bonds. The Labute approximate surface area is 162 Å². The summed E-state index contributed by atoms with van der Waals surface area (Å²) in [6.45, 7) is 0.409. The quantitative estimate of drug-likeness (QED) is 0.730. The number of likely N-dealkylation sites (tertiary alicyclic amines) is 1. The van der Waals surface area contributed by atoms with E-state index < -0.39 is 30.0 Å². The summed E-state index contributed by atoms with van der Waals surface area (Å²) in [6.07, 6.45) is 1.25. The van der Waals surface area contributed by atoms with E-state index in [9.17, 15) is 27.5 Å². The highest BCUT2D eigenvalue weighted by Crippen LogP contribution is 2.24. The van der Waals surface area contributed by atoms with Crippen LogP contribution in [-0.4, -0.2) is 66.6 Å². The molecule has 2 aromatic rings. The van der Waals surface area contributed by atoms with E-state index in [2.05, 4.69) is 10.1 Å². The van der Waals surface area contributed by atoms with Crippen molar-refractivity contribution in [1.82, 2.24) is 19.7 Å². The Kier molecular flexibility index (Phi) is 6.90. The summed E-state index contributed by atoms with van der Waals surface area (Å²) < 4.78 is 47.2. The van der Waals surface area contributed by atoms with Gasteiger partial charge >= 0.3 is 12.1 Å². The Morgan fingerprint density at radius 1 is 1.31 bits per heavy atom. The number of aryl methyl sites for hydroxylation is 1. The fraction of sp³-hybridized carbons (Fsp3) is 0.412. The van der Waals surface area contributed by atoms with Crippen LogP contribution in [0.15, 0.2) is 30.9 Å². The van der Waals surface area contributed by atoms with Crippen LogP contribution in [-0.2, 0) is 18.3 Å². The minimum Gasteiger partial charge on any atom is -0.475 e. The molecule has 0 unspecified atom stereocenters. The number of pyridine rings is 1. The average Bonchev–Trinajstić information content (AvgIpc) is 3.21. The number of rotatable bonds is 3. The number of hydrogen-bond acceptors (Lipinski definition) is 5. The second-order valence-corrected chi connectivity index (χ2v) is 6.31. The minimum absolute atomic E-state index is 0.0136. The number of nitrogens with zero attached hydrogens (tertiary/aromatic N) is 4. The SMILES string of the molecule is Cn1cc(C[C@H]2[C@@H](O)CCN2C(=O)c2ccncc2F)cn1.O=C(O)C(F)(F)F. The molecule has 0 saturated carbocycles. The Morgan fingerprint density at radius 2 is 1.97 bits per heavy atom. The molecule has 2 atom stereocenters. The van der Waals surface area contributed by atoms with Crippen LogP contribution in [0.25, 0.3) is 0 Å². The van der Waals surface area contributed by atoms with Crippen LogP contribution in [0.2, 0.25) is 0 Å². The lowest BCUT2D eigenvalue weighted by molar-refractivity contribution is -0.192. The van der Waals surface area contributed by atoms with Gasteiger partial charge in [-0.2, -0.15) is 18.3 Å². The molecule has 2 N–H and O–H groups in total. The molecule has 12 heteroatoms. The molecule has 1 aliphatic heterocycles. The zero-order valence-electron chi connectivity index (χ0n) is 15.2. The van der Waals surface area contributed by atoms with Crippen molar-refractivity contribution in [3.8, 4) is 0 Å². The highest BCUT2D eigenvalue weighted by molar-refractivity contribution is 5.94. The van der Waals surface area contributed by atoms with Gasteiger partial charge in [0.2, 0.25) is 0 Å². The second kappa shape index (κ2) is 8.99. The molecule has 158 valence electrons. The Balaban J connectivity index is 0.000000370. The van der Waals surface area contributed by atoms with E-state index in [-0.39, 0.29) is 11.6 Å². The summed E-state index contributed by atoms with van der Waals surface area (Å²) in [5.41, 5.74) is 0.918. The fourth-order valence-electron chi connectivity index (χ4n) is 2.86. The van der Waals surface area contributed by atoms with Crippen molar-refractivity contribution in [3.05, 3.63) is 47.8 Å². The molecule has 0 aromatic carbocycles. The molecule has 0 radical (unpaired) electrons. The molecule has 1 aliphatic rings. The van der Waals surface area contributed by atoms with E-state index in [1.807, 2.05) is 13.2 Å². The predicted molar refractivity (Wildman–Crippen MR) is 90.2 cm³/mol. The standard InChI is InChI=1S/C15H17FN4O2.C2HF3O2/c1-19-9-10(7-18-19)6-13-14(21)3-5-20(13)15(22)11-2-4-17-8-12(11)16;3-2(4,5)1(6)7/h2,4,7-9,13-14,21H,3,5-6H2,1H3;(H,6,7)/t13-,14-;/m0./s1. The van der Waals surface area contributed by atoms with E-state index >= 15 is 0 Å². The number of alkyl halides is 3. The largest absolute Gasteiger partial charge is 0.490 e. The Bertz CT molecular complexity index is 871. The molecular formula is C17H18F4N4O4. The molecule has 0 bridgehead atoms. The number of carbonyl (C=O) groups excluding carboxylic acids is 1. The number of hydrogen-bond donors (Lipinski definition) is 2. The van der Waals surface area contributed by atoms with Gasteiger partial charge < -0.3 is 15.1 Å². The van der Waals surface area contributed by atoms with Gasteiger partial charge in [-0.3, -0.25) is 14.5 Å². The van der Waals surface area contributed by atoms with Gasteiger partial charge in [0, 0.05) is 26.0 Å². The molecule has 3 heterocycles. The maximum Gasteiger partial charge on any atom is 0.490 e. The smallest absolute Gasteiger partial charge is 0.475 e. The maximum absolute atomic E-state index is 13.8. The normalized spacial score (nSPS) is 18.9. The zero-order chi connectivity index (χ0) is 21.8. The molecule has 8 nitrogen and oxygen atoms in total. The predicted octanol–water partition coefficient (Wildman–Crippen LogP) is 1.41. The lowest BCUT2D eigenvalue weighted by Gasteiger charge is -2.26. The van der Waals surface area contributed by atoms with Crippen LogP contribution in [0.5, 0.6) is 0 Å². The van der Waals surface area contributed by atoms with Gasteiger partial charge in [-0.05, 0) is 24.5 Å². The van der Waals surface area contributed by atoms with E-state index in [1.54, 1.807) is 10.9 Å². The first kappa shape index (κ1) is 22.3. The van der Waals surface area contributed by atoms with Gasteiger partial charge in [0.1, 0.15) is 0 Å². The van der Waals surface area contributed by atoms with Crippen molar-refractivity contribution < 1.29 is 37.4 Å². The summed E-state index contributed by atoms with van der Waals surface area (Å²) in [7, 11) is 1.81. The van der Waals surface area contributed by atoms with E-state index in [0.29, 0.717) is 19.4 Å². The third-order valence-electron chi connectivity index (χ3n) is 4.22. The van der Waals surface area contributed by atoms with Gasteiger partial charge in [-0.15, -0.1) is 0 Å². The van der Waals surface area contributed by atoms with Crippen molar-refractivity contribution in [3.63, 3.8) is 0 Å². The van der Waals surface area contributed by atoms with Gasteiger partial charge in [0.25, 0.3) is 5.91 Å². The van der Waals surface area contributed by atoms with Gasteiger partial charge in [-0.1, -0.05) is 0 Å². The fourth-order valence-corrected chi connectivity index (χ4v) is 2.86. The van der Waals surface area contributed by atoms with Crippen molar-refractivity contribution in [1.29, 1.82) is 0 Å². The van der Waals surface area contributed by atoms with E-state index in [0.717, 1.165) is 11.8 Å². The Hall–Kier alpha value is -3.02. The van der Waals surface area contributed by atoms with Crippen LogP contribution in [0.1, 0.15) is 22.3 Å². The third kappa shape index (κ3) is 5.73. The zero-order valence-corrected chi connectivity index (χ0v) is 15.2. The minimum atomic E-state index is -5.08. The topological polar surface area (TPSA) is 109 Å². The molecule has 0 aliphatic carbocycles. The molecule has 29 heavy (non-hydrogen) atoms. The van der Waals surface area contributed by atoms with Crippen molar-refractivity contribution >= 4 is 11.9 Å². The number of aliphatic hydroxyl groups is 1. The highest BCUT2D eigenvalue weighted by Gasteiger charge is 2.38. The molecule has 2 aromatic heterocycles. The van der Waals surface area contributed by atoms with Crippen molar-refractivity contribution in [2.75, 3.05) is 6.54 Å². The van der Waals surface area contributed by atoms with Crippen LogP contribution < -0.4 is 0 Å². The highest BCUT2D eigenvalue weighted by atomic mass is 19.4. The van der Waals surface area contributed by atoms with Crippen LogP contribution in [0, 0.1) is 5.82 Å². The van der Waals surface area contributed by atoms with Crippen LogP contribution in [0.3, 0.4) is 0 Å². The number of amides is 1. The summed E-state index contributed by atoms with van der Waals surface area (Å²) in [5, 5.41) is 21.4. The first-order valence-electron chi connectivity index (χ1n) is 8.37. The third-order valence-corrected chi connectivity index (χ3v) is 4.22. The van der Waals surface area contributed by atoms with Gasteiger partial charge in [0.05, 0.1) is 30.1 Å². The second-order valence-electron chi connectivity index (χ2n) is 6.31. The molecule has 0 spiro atoms. The number of aliphatic hydroxyl groups excluding tert-OH is 1. The number of carbonyl (C=O) groups is 2. The summed E-state index contributed by atoms with van der Waals surface area (Å²) in [6, 6.07) is 0.994. The molecule has 1 fully saturated rings.